The van der Waals surface area contributed by atoms with Crippen LogP contribution >= 0.6 is 23.7 Å². The van der Waals surface area contributed by atoms with Crippen molar-refractivity contribution in [2.24, 2.45) is 11.8 Å². The maximum Gasteiger partial charge on any atom is 0.420 e. The third-order valence-electron chi connectivity index (χ3n) is 6.75. The van der Waals surface area contributed by atoms with Crippen molar-refractivity contribution in [1.29, 1.82) is 0 Å². The zero-order chi connectivity index (χ0) is 26.7. The number of carbonyl (C=O) groups excluding carboxylic acids is 2. The molecule has 2 fully saturated rings. The zero-order valence-corrected chi connectivity index (χ0v) is 24.6. The number of hydrogen-bond acceptors (Lipinski definition) is 7. The van der Waals surface area contributed by atoms with E-state index in [1.54, 1.807) is 11.4 Å². The Bertz CT molecular complexity index is 841. The maximum absolute atomic E-state index is 13.2. The van der Waals surface area contributed by atoms with Crippen LogP contribution in [0.5, 0.6) is 5.75 Å². The van der Waals surface area contributed by atoms with E-state index in [2.05, 4.69) is 10.6 Å². The molecule has 37 heavy (non-hydrogen) atoms. The Morgan fingerprint density at radius 2 is 1.84 bits per heavy atom. The van der Waals surface area contributed by atoms with E-state index in [0.29, 0.717) is 19.6 Å². The first-order chi connectivity index (χ1) is 17.7. The number of nitrogens with one attached hydrogen (secondary N) is 2. The fourth-order valence-corrected chi connectivity index (χ4v) is 7.04. The van der Waals surface area contributed by atoms with Gasteiger partial charge >= 0.3 is 6.09 Å². The Morgan fingerprint density at radius 3 is 2.51 bits per heavy atom. The minimum atomic E-state index is -0.508. The van der Waals surface area contributed by atoms with Gasteiger partial charge in [-0.3, -0.25) is 9.10 Å². The lowest BCUT2D eigenvalue weighted by Crippen LogP contribution is -2.49. The van der Waals surface area contributed by atoms with Crippen molar-refractivity contribution in [3.8, 4) is 5.75 Å². The molecule has 2 atom stereocenters. The fraction of sp³-hybridized carbons (Fsp3) is 0.714. The summed E-state index contributed by atoms with van der Waals surface area (Å²) >= 11 is 3.43. The number of hydrogen-bond donors (Lipinski definition) is 2. The molecule has 2 aliphatic rings. The summed E-state index contributed by atoms with van der Waals surface area (Å²) < 4.78 is 12.5. The molecule has 0 aromatic heterocycles. The monoisotopic (exact) mass is 551 g/mol. The van der Waals surface area contributed by atoms with Gasteiger partial charge in [-0.05, 0) is 87.3 Å². The molecule has 0 bridgehead atoms. The third-order valence-corrected chi connectivity index (χ3v) is 9.06. The minimum absolute atomic E-state index is 0.0288. The average molecular weight is 552 g/mol. The Morgan fingerprint density at radius 1 is 1.11 bits per heavy atom. The smallest absolute Gasteiger partial charge is 0.420 e. The van der Waals surface area contributed by atoms with Crippen LogP contribution in [0.3, 0.4) is 0 Å². The molecule has 0 radical (unpaired) electrons. The standard InChI is InChI=1S/C28H45N3O4S2/c1-28(2,3)35-27(33)31-18-23(14-15-37-31)17-29-25(20-36-19-22-8-6-5-7-9-22)26(32)30-16-21-10-12-24(34-4)13-11-21/h10-13,22-23,25,29H,5-9,14-20H2,1-4H3,(H,30,32)/t23-,25+/m1/s1. The van der Waals surface area contributed by atoms with Crippen LogP contribution in [0.1, 0.15) is 64.9 Å². The molecule has 1 aliphatic heterocycles. The summed E-state index contributed by atoms with van der Waals surface area (Å²) in [5.74, 6) is 4.64. The summed E-state index contributed by atoms with van der Waals surface area (Å²) in [5.41, 5.74) is 0.533. The topological polar surface area (TPSA) is 79.9 Å². The van der Waals surface area contributed by atoms with E-state index in [1.165, 1.54) is 44.1 Å². The first kappa shape index (κ1) is 30.0. The van der Waals surface area contributed by atoms with Crippen molar-refractivity contribution in [1.82, 2.24) is 14.9 Å². The molecule has 2 N–H and O–H groups in total. The summed E-state index contributed by atoms with van der Waals surface area (Å²) in [7, 11) is 1.65. The number of ether oxygens (including phenoxy) is 2. The first-order valence-corrected chi connectivity index (χ1v) is 15.7. The van der Waals surface area contributed by atoms with Gasteiger partial charge < -0.3 is 20.1 Å². The van der Waals surface area contributed by atoms with Crippen molar-refractivity contribution < 1.29 is 19.1 Å². The van der Waals surface area contributed by atoms with Gasteiger partial charge in [0.05, 0.1) is 13.2 Å². The van der Waals surface area contributed by atoms with Crippen LogP contribution in [0.25, 0.3) is 0 Å². The molecule has 1 aliphatic carbocycles. The van der Waals surface area contributed by atoms with Gasteiger partial charge in [0, 0.05) is 31.1 Å². The lowest BCUT2D eigenvalue weighted by atomic mass is 9.91. The summed E-state index contributed by atoms with van der Waals surface area (Å²) in [5, 5.41) is 6.67. The number of rotatable bonds is 11. The van der Waals surface area contributed by atoms with E-state index >= 15 is 0 Å². The first-order valence-electron chi connectivity index (χ1n) is 13.6. The van der Waals surface area contributed by atoms with Crippen LogP contribution in [0.15, 0.2) is 24.3 Å². The highest BCUT2D eigenvalue weighted by Gasteiger charge is 2.29. The molecule has 1 saturated carbocycles. The number of carbonyl (C=O) groups is 2. The van der Waals surface area contributed by atoms with Crippen molar-refractivity contribution in [2.45, 2.75) is 77.5 Å². The molecule has 1 heterocycles. The SMILES string of the molecule is COc1ccc(CNC(=O)[C@H](CSCC2CCCCC2)NC[C@H]2CCSN(C(=O)OC(C)(C)C)C2)cc1. The van der Waals surface area contributed by atoms with E-state index in [0.717, 1.165) is 40.9 Å². The molecular formula is C28H45N3O4S2. The van der Waals surface area contributed by atoms with Crippen LogP contribution < -0.4 is 15.4 Å². The molecule has 1 aromatic rings. The molecule has 7 nitrogen and oxygen atoms in total. The van der Waals surface area contributed by atoms with Gasteiger partial charge in [-0.2, -0.15) is 11.8 Å². The van der Waals surface area contributed by atoms with Gasteiger partial charge in [0.1, 0.15) is 11.4 Å². The van der Waals surface area contributed by atoms with Crippen molar-refractivity contribution >= 4 is 35.7 Å². The van der Waals surface area contributed by atoms with Gasteiger partial charge in [-0.15, -0.1) is 0 Å². The highest BCUT2D eigenvalue weighted by atomic mass is 32.2. The van der Waals surface area contributed by atoms with E-state index in [9.17, 15) is 9.59 Å². The number of thioether (sulfide) groups is 1. The van der Waals surface area contributed by atoms with Crippen molar-refractivity contribution in [2.75, 3.05) is 37.5 Å². The Labute approximate surface area is 231 Å². The molecule has 3 rings (SSSR count). The number of benzene rings is 1. The zero-order valence-electron chi connectivity index (χ0n) is 22.9. The van der Waals surface area contributed by atoms with E-state index in [1.807, 2.05) is 56.8 Å². The van der Waals surface area contributed by atoms with Gasteiger partial charge in [0.15, 0.2) is 0 Å². The van der Waals surface area contributed by atoms with Crippen LogP contribution in [0.4, 0.5) is 4.79 Å². The molecule has 1 aromatic carbocycles. The molecule has 2 amide bonds. The van der Waals surface area contributed by atoms with E-state index in [4.69, 9.17) is 9.47 Å². The highest BCUT2D eigenvalue weighted by Crippen LogP contribution is 2.28. The molecule has 0 spiro atoms. The third kappa shape index (κ3) is 11.0. The Hall–Kier alpha value is -1.58. The van der Waals surface area contributed by atoms with Gasteiger partial charge in [-0.1, -0.05) is 31.4 Å². The fourth-order valence-electron chi connectivity index (χ4n) is 4.61. The van der Waals surface area contributed by atoms with Gasteiger partial charge in [0.25, 0.3) is 0 Å². The number of methoxy groups -OCH3 is 1. The number of amides is 2. The van der Waals surface area contributed by atoms with Crippen LogP contribution in [0, 0.1) is 11.8 Å². The van der Waals surface area contributed by atoms with Crippen molar-refractivity contribution in [3.05, 3.63) is 29.8 Å². The summed E-state index contributed by atoms with van der Waals surface area (Å²) in [6.07, 6.45) is 7.39. The predicted molar refractivity (Wildman–Crippen MR) is 154 cm³/mol. The van der Waals surface area contributed by atoms with Crippen LogP contribution in [0.2, 0.25) is 0 Å². The molecule has 208 valence electrons. The second-order valence-corrected chi connectivity index (χ2v) is 13.3. The molecule has 0 unspecified atom stereocenters. The summed E-state index contributed by atoms with van der Waals surface area (Å²) in [6.45, 7) is 7.48. The molecular weight excluding hydrogens is 506 g/mol. The quantitative estimate of drug-likeness (QED) is 0.352. The molecule has 1 saturated heterocycles. The summed E-state index contributed by atoms with van der Waals surface area (Å²) in [4.78, 5) is 25.8. The molecule has 9 heteroatoms. The van der Waals surface area contributed by atoms with Gasteiger partial charge in [-0.25, -0.2) is 4.79 Å². The van der Waals surface area contributed by atoms with Crippen LogP contribution in [-0.2, 0) is 16.1 Å². The maximum atomic E-state index is 13.2. The largest absolute Gasteiger partial charge is 0.497 e. The second kappa shape index (κ2) is 15.1. The number of nitrogens with zero attached hydrogens (tertiary/aromatic N) is 1. The van der Waals surface area contributed by atoms with Gasteiger partial charge in [0.2, 0.25) is 5.91 Å². The summed E-state index contributed by atoms with van der Waals surface area (Å²) in [6, 6.07) is 7.51. The highest BCUT2D eigenvalue weighted by molar-refractivity contribution is 7.99. The average Bonchev–Trinajstić information content (AvgIpc) is 2.89. The van der Waals surface area contributed by atoms with Crippen molar-refractivity contribution in [3.63, 3.8) is 0 Å². The second-order valence-electron chi connectivity index (χ2n) is 11.1. The lowest BCUT2D eigenvalue weighted by Gasteiger charge is -2.33. The van der Waals surface area contributed by atoms with E-state index in [-0.39, 0.29) is 24.0 Å². The Kier molecular flexibility index (Phi) is 12.2. The minimum Gasteiger partial charge on any atom is -0.497 e. The lowest BCUT2D eigenvalue weighted by molar-refractivity contribution is -0.122. The predicted octanol–water partition coefficient (Wildman–Crippen LogP) is 5.49. The normalized spacial score (nSPS) is 19.8. The van der Waals surface area contributed by atoms with E-state index < -0.39 is 5.60 Å². The Balaban J connectivity index is 1.52. The van der Waals surface area contributed by atoms with Crippen LogP contribution in [-0.4, -0.2) is 65.4 Å².